The average molecular weight is 283 g/mol. The molecule has 1 unspecified atom stereocenters. The number of likely N-dealkylation sites (tertiary alicyclic amines) is 1. The first kappa shape index (κ1) is 15.7. The largest absolute Gasteiger partial charge is 0.378 e. The van der Waals surface area contributed by atoms with E-state index in [4.69, 9.17) is 10.5 Å². The second-order valence-electron chi connectivity index (χ2n) is 5.98. The maximum atomic E-state index is 12.0. The number of ether oxygens (including phenoxy) is 1. The highest BCUT2D eigenvalue weighted by atomic mass is 16.5. The van der Waals surface area contributed by atoms with E-state index in [0.29, 0.717) is 25.5 Å². The van der Waals surface area contributed by atoms with Crippen LogP contribution in [0.4, 0.5) is 0 Å². The Kier molecular flexibility index (Phi) is 6.76. The van der Waals surface area contributed by atoms with Crippen LogP contribution in [0.5, 0.6) is 0 Å². The van der Waals surface area contributed by atoms with Gasteiger partial charge in [0, 0.05) is 26.1 Å². The molecule has 0 aromatic heterocycles. The summed E-state index contributed by atoms with van der Waals surface area (Å²) in [6.07, 6.45) is 5.40. The van der Waals surface area contributed by atoms with E-state index in [2.05, 4.69) is 4.90 Å². The number of nitrogens with zero attached hydrogens (tertiary/aromatic N) is 2. The minimum Gasteiger partial charge on any atom is -0.378 e. The zero-order valence-electron chi connectivity index (χ0n) is 12.6. The maximum Gasteiger partial charge on any atom is 0.222 e. The molecule has 2 rings (SSSR count). The molecule has 0 radical (unpaired) electrons. The Morgan fingerprint density at radius 3 is 2.80 bits per heavy atom. The molecule has 116 valence electrons. The number of rotatable bonds is 6. The number of hydrogen-bond acceptors (Lipinski definition) is 4. The van der Waals surface area contributed by atoms with Gasteiger partial charge in [-0.25, -0.2) is 0 Å². The van der Waals surface area contributed by atoms with Gasteiger partial charge in [-0.2, -0.15) is 0 Å². The van der Waals surface area contributed by atoms with E-state index in [1.165, 1.54) is 25.9 Å². The van der Waals surface area contributed by atoms with Crippen LogP contribution in [-0.4, -0.2) is 68.2 Å². The van der Waals surface area contributed by atoms with Gasteiger partial charge in [-0.1, -0.05) is 0 Å². The summed E-state index contributed by atoms with van der Waals surface area (Å²) in [6, 6.07) is 0. The zero-order chi connectivity index (χ0) is 14.2. The van der Waals surface area contributed by atoms with Gasteiger partial charge >= 0.3 is 0 Å². The Morgan fingerprint density at radius 1 is 1.25 bits per heavy atom. The molecule has 0 saturated carbocycles. The molecule has 2 N–H and O–H groups in total. The van der Waals surface area contributed by atoms with E-state index in [9.17, 15) is 4.79 Å². The molecule has 1 atom stereocenters. The molecule has 5 heteroatoms. The standard InChI is InChI=1S/C15H29N3O2/c16-6-5-14-3-1-7-17(13-14)8-2-4-15(19)18-9-11-20-12-10-18/h14H,1-13,16H2. The van der Waals surface area contributed by atoms with E-state index in [0.717, 1.165) is 44.9 Å². The summed E-state index contributed by atoms with van der Waals surface area (Å²) in [6.45, 7) is 7.13. The van der Waals surface area contributed by atoms with Gasteiger partial charge in [0.05, 0.1) is 13.2 Å². The number of carbonyl (C=O) groups excluding carboxylic acids is 1. The van der Waals surface area contributed by atoms with E-state index in [-0.39, 0.29) is 0 Å². The topological polar surface area (TPSA) is 58.8 Å². The van der Waals surface area contributed by atoms with Gasteiger partial charge in [0.25, 0.3) is 0 Å². The van der Waals surface area contributed by atoms with Gasteiger partial charge in [-0.05, 0) is 51.2 Å². The van der Waals surface area contributed by atoms with Crippen LogP contribution in [0.2, 0.25) is 0 Å². The quantitative estimate of drug-likeness (QED) is 0.779. The minimum atomic E-state index is 0.295. The van der Waals surface area contributed by atoms with Crippen molar-refractivity contribution in [3.8, 4) is 0 Å². The van der Waals surface area contributed by atoms with Crippen molar-refractivity contribution in [2.75, 3.05) is 52.5 Å². The molecule has 5 nitrogen and oxygen atoms in total. The van der Waals surface area contributed by atoms with Crippen molar-refractivity contribution < 1.29 is 9.53 Å². The molecule has 0 spiro atoms. The van der Waals surface area contributed by atoms with Crippen LogP contribution in [0.1, 0.15) is 32.1 Å². The Morgan fingerprint density at radius 2 is 2.05 bits per heavy atom. The number of carbonyl (C=O) groups is 1. The molecule has 2 fully saturated rings. The van der Waals surface area contributed by atoms with Crippen molar-refractivity contribution >= 4 is 5.91 Å². The van der Waals surface area contributed by atoms with Crippen molar-refractivity contribution in [2.24, 2.45) is 11.7 Å². The third kappa shape index (κ3) is 5.04. The number of nitrogens with two attached hydrogens (primary N) is 1. The van der Waals surface area contributed by atoms with Crippen LogP contribution in [-0.2, 0) is 9.53 Å². The van der Waals surface area contributed by atoms with Crippen LogP contribution in [0.3, 0.4) is 0 Å². The summed E-state index contributed by atoms with van der Waals surface area (Å²) < 4.78 is 5.27. The molecule has 0 aromatic rings. The second-order valence-corrected chi connectivity index (χ2v) is 5.98. The third-order valence-electron chi connectivity index (χ3n) is 4.41. The Labute approximate surface area is 122 Å². The second kappa shape index (κ2) is 8.60. The van der Waals surface area contributed by atoms with Crippen molar-refractivity contribution in [2.45, 2.75) is 32.1 Å². The predicted octanol–water partition coefficient (Wildman–Crippen LogP) is 0.686. The average Bonchev–Trinajstić information content (AvgIpc) is 2.49. The van der Waals surface area contributed by atoms with Crippen LogP contribution < -0.4 is 5.73 Å². The highest BCUT2D eigenvalue weighted by molar-refractivity contribution is 5.76. The number of piperidine rings is 1. The molecule has 2 saturated heterocycles. The lowest BCUT2D eigenvalue weighted by Gasteiger charge is -2.33. The number of morpholine rings is 1. The molecular formula is C15H29N3O2. The van der Waals surface area contributed by atoms with Crippen LogP contribution >= 0.6 is 0 Å². The van der Waals surface area contributed by atoms with E-state index in [1.54, 1.807) is 0 Å². The van der Waals surface area contributed by atoms with Crippen LogP contribution in [0, 0.1) is 5.92 Å². The minimum absolute atomic E-state index is 0.295. The lowest BCUT2D eigenvalue weighted by atomic mass is 9.95. The number of hydrogen-bond donors (Lipinski definition) is 1. The first-order chi connectivity index (χ1) is 9.79. The van der Waals surface area contributed by atoms with Gasteiger partial charge in [0.1, 0.15) is 0 Å². The van der Waals surface area contributed by atoms with Gasteiger partial charge < -0.3 is 20.3 Å². The fourth-order valence-electron chi connectivity index (χ4n) is 3.25. The maximum absolute atomic E-state index is 12.0. The number of amides is 1. The SMILES string of the molecule is NCCC1CCCN(CCCC(=O)N2CCOCC2)C1. The van der Waals surface area contributed by atoms with Gasteiger partial charge in [0.2, 0.25) is 5.91 Å². The van der Waals surface area contributed by atoms with Crippen molar-refractivity contribution in [3.05, 3.63) is 0 Å². The molecular weight excluding hydrogens is 254 g/mol. The summed E-state index contributed by atoms with van der Waals surface area (Å²) in [5.41, 5.74) is 5.65. The summed E-state index contributed by atoms with van der Waals surface area (Å²) in [4.78, 5) is 16.5. The van der Waals surface area contributed by atoms with Crippen molar-refractivity contribution in [1.29, 1.82) is 0 Å². The fourth-order valence-corrected chi connectivity index (χ4v) is 3.25. The molecule has 1 amide bonds. The molecule has 0 bridgehead atoms. The first-order valence-corrected chi connectivity index (χ1v) is 8.07. The van der Waals surface area contributed by atoms with Gasteiger partial charge in [0.15, 0.2) is 0 Å². The highest BCUT2D eigenvalue weighted by Crippen LogP contribution is 2.19. The fraction of sp³-hybridized carbons (Fsp3) is 0.933. The summed E-state index contributed by atoms with van der Waals surface area (Å²) in [5, 5.41) is 0. The Bertz CT molecular complexity index is 291. The van der Waals surface area contributed by atoms with Crippen LogP contribution in [0.15, 0.2) is 0 Å². The van der Waals surface area contributed by atoms with E-state index < -0.39 is 0 Å². The molecule has 0 aromatic carbocycles. The van der Waals surface area contributed by atoms with Crippen molar-refractivity contribution in [1.82, 2.24) is 9.80 Å². The monoisotopic (exact) mass is 283 g/mol. The molecule has 2 aliphatic rings. The molecule has 2 aliphatic heterocycles. The van der Waals surface area contributed by atoms with Gasteiger partial charge in [-0.3, -0.25) is 4.79 Å². The molecule has 0 aliphatic carbocycles. The van der Waals surface area contributed by atoms with Gasteiger partial charge in [-0.15, -0.1) is 0 Å². The predicted molar refractivity (Wildman–Crippen MR) is 79.5 cm³/mol. The molecule has 2 heterocycles. The smallest absolute Gasteiger partial charge is 0.222 e. The summed E-state index contributed by atoms with van der Waals surface area (Å²) >= 11 is 0. The Balaban J connectivity index is 1.61. The highest BCUT2D eigenvalue weighted by Gasteiger charge is 2.20. The zero-order valence-corrected chi connectivity index (χ0v) is 12.6. The Hall–Kier alpha value is -0.650. The lowest BCUT2D eigenvalue weighted by Crippen LogP contribution is -2.41. The van der Waals surface area contributed by atoms with E-state index >= 15 is 0 Å². The summed E-state index contributed by atoms with van der Waals surface area (Å²) in [7, 11) is 0. The normalized spacial score (nSPS) is 24.9. The first-order valence-electron chi connectivity index (χ1n) is 8.07. The van der Waals surface area contributed by atoms with Crippen LogP contribution in [0.25, 0.3) is 0 Å². The van der Waals surface area contributed by atoms with Crippen molar-refractivity contribution in [3.63, 3.8) is 0 Å². The third-order valence-corrected chi connectivity index (χ3v) is 4.41. The lowest BCUT2D eigenvalue weighted by molar-refractivity contribution is -0.135. The van der Waals surface area contributed by atoms with E-state index in [1.807, 2.05) is 4.90 Å². The summed E-state index contributed by atoms with van der Waals surface area (Å²) in [5.74, 6) is 1.06. The molecule has 20 heavy (non-hydrogen) atoms.